The lowest BCUT2D eigenvalue weighted by Gasteiger charge is -2.14. The van der Waals surface area contributed by atoms with Crippen LogP contribution < -0.4 is 10.6 Å². The highest BCUT2D eigenvalue weighted by Gasteiger charge is 2.18. The zero-order chi connectivity index (χ0) is 14.3. The largest absolute Gasteiger partial charge is 0.480 e. The lowest BCUT2D eigenvalue weighted by molar-refractivity contribution is -0.139. The first kappa shape index (κ1) is 15.4. The number of urea groups is 1. The Morgan fingerprint density at radius 1 is 1.32 bits per heavy atom. The maximum atomic E-state index is 11.7. The molecule has 19 heavy (non-hydrogen) atoms. The van der Waals surface area contributed by atoms with E-state index in [2.05, 4.69) is 10.6 Å². The fourth-order valence-corrected chi connectivity index (χ4v) is 1.95. The molecule has 0 bridgehead atoms. The molecule has 0 aromatic heterocycles. The summed E-state index contributed by atoms with van der Waals surface area (Å²) in [7, 11) is 0. The topological polar surface area (TPSA) is 78.4 Å². The molecule has 0 fully saturated rings. The van der Waals surface area contributed by atoms with E-state index < -0.39 is 18.0 Å². The molecule has 0 radical (unpaired) electrons. The summed E-state index contributed by atoms with van der Waals surface area (Å²) in [6.07, 6.45) is 3.07. The Hall–Kier alpha value is -1.69. The van der Waals surface area contributed by atoms with Gasteiger partial charge in [-0.05, 0) is 36.9 Å². The third-order valence-corrected chi connectivity index (χ3v) is 3.27. The first-order chi connectivity index (χ1) is 9.06. The number of nitrogens with one attached hydrogen (secondary N) is 2. The molecule has 5 nitrogen and oxygen atoms in total. The predicted octanol–water partition coefficient (Wildman–Crippen LogP) is 2.78. The van der Waals surface area contributed by atoms with Crippen LogP contribution in [0.15, 0.2) is 29.2 Å². The van der Waals surface area contributed by atoms with E-state index in [-0.39, 0.29) is 0 Å². The second kappa shape index (κ2) is 7.68. The van der Waals surface area contributed by atoms with E-state index in [0.717, 1.165) is 4.90 Å². The van der Waals surface area contributed by atoms with Gasteiger partial charge in [0.2, 0.25) is 0 Å². The average molecular weight is 282 g/mol. The Morgan fingerprint density at radius 3 is 2.42 bits per heavy atom. The van der Waals surface area contributed by atoms with Gasteiger partial charge < -0.3 is 15.7 Å². The number of hydrogen-bond donors (Lipinski definition) is 3. The van der Waals surface area contributed by atoms with E-state index in [1.807, 2.05) is 25.3 Å². The summed E-state index contributed by atoms with van der Waals surface area (Å²) in [4.78, 5) is 23.7. The molecule has 1 aromatic carbocycles. The van der Waals surface area contributed by atoms with Crippen LogP contribution in [-0.4, -0.2) is 29.4 Å². The maximum absolute atomic E-state index is 11.7. The van der Waals surface area contributed by atoms with Crippen molar-refractivity contribution in [2.75, 3.05) is 11.6 Å². The molecule has 0 saturated carbocycles. The molecule has 0 heterocycles. The van der Waals surface area contributed by atoms with Crippen LogP contribution in [0.3, 0.4) is 0 Å². The molecule has 1 rings (SSSR count). The van der Waals surface area contributed by atoms with E-state index >= 15 is 0 Å². The molecule has 0 aliphatic rings. The number of carboxylic acid groups (broad SMARTS) is 1. The number of aliphatic carboxylic acids is 1. The van der Waals surface area contributed by atoms with Gasteiger partial charge in [-0.2, -0.15) is 0 Å². The normalized spacial score (nSPS) is 11.7. The van der Waals surface area contributed by atoms with Gasteiger partial charge in [0.05, 0.1) is 0 Å². The minimum atomic E-state index is -1.02. The van der Waals surface area contributed by atoms with Crippen LogP contribution in [0, 0.1) is 0 Å². The average Bonchev–Trinajstić information content (AvgIpc) is 2.39. The second-order valence-corrected chi connectivity index (χ2v) is 4.89. The first-order valence-corrected chi connectivity index (χ1v) is 7.23. The van der Waals surface area contributed by atoms with Crippen molar-refractivity contribution in [2.45, 2.75) is 30.7 Å². The summed E-state index contributed by atoms with van der Waals surface area (Å²) in [5, 5.41) is 14.0. The summed E-state index contributed by atoms with van der Waals surface area (Å²) in [6, 6.07) is 5.98. The highest BCUT2D eigenvalue weighted by atomic mass is 32.2. The smallest absolute Gasteiger partial charge is 0.326 e. The van der Waals surface area contributed by atoms with E-state index in [0.29, 0.717) is 18.5 Å². The molecule has 1 aromatic rings. The van der Waals surface area contributed by atoms with Crippen LogP contribution in [-0.2, 0) is 4.79 Å². The fraction of sp³-hybridized carbons (Fsp3) is 0.385. The third kappa shape index (κ3) is 5.21. The van der Waals surface area contributed by atoms with E-state index in [4.69, 9.17) is 5.11 Å². The minimum absolute atomic E-state index is 0.411. The van der Waals surface area contributed by atoms with Gasteiger partial charge in [-0.1, -0.05) is 13.3 Å². The summed E-state index contributed by atoms with van der Waals surface area (Å²) < 4.78 is 0. The van der Waals surface area contributed by atoms with Gasteiger partial charge in [0, 0.05) is 10.6 Å². The Morgan fingerprint density at radius 2 is 1.95 bits per heavy atom. The summed E-state index contributed by atoms with van der Waals surface area (Å²) >= 11 is 1.61. The maximum Gasteiger partial charge on any atom is 0.326 e. The van der Waals surface area contributed by atoms with Crippen LogP contribution in [0.5, 0.6) is 0 Å². The SMILES string of the molecule is CCCC(NC(=O)Nc1ccc(SC)cc1)C(=O)O. The van der Waals surface area contributed by atoms with Crippen molar-refractivity contribution in [3.63, 3.8) is 0 Å². The molecule has 0 aliphatic carbocycles. The number of carbonyl (C=O) groups is 2. The van der Waals surface area contributed by atoms with Gasteiger partial charge in [0.25, 0.3) is 0 Å². The van der Waals surface area contributed by atoms with Gasteiger partial charge in [-0.25, -0.2) is 9.59 Å². The Balaban J connectivity index is 2.55. The lowest BCUT2D eigenvalue weighted by Crippen LogP contribution is -2.42. The van der Waals surface area contributed by atoms with Crippen molar-refractivity contribution in [2.24, 2.45) is 0 Å². The first-order valence-electron chi connectivity index (χ1n) is 6.01. The quantitative estimate of drug-likeness (QED) is 0.701. The fourth-order valence-electron chi connectivity index (χ4n) is 1.55. The zero-order valence-corrected chi connectivity index (χ0v) is 11.8. The molecule has 104 valence electrons. The van der Waals surface area contributed by atoms with Gasteiger partial charge >= 0.3 is 12.0 Å². The highest BCUT2D eigenvalue weighted by molar-refractivity contribution is 7.98. The minimum Gasteiger partial charge on any atom is -0.480 e. The van der Waals surface area contributed by atoms with Gasteiger partial charge in [-0.3, -0.25) is 0 Å². The molecular formula is C13H18N2O3S. The highest BCUT2D eigenvalue weighted by Crippen LogP contribution is 2.17. The monoisotopic (exact) mass is 282 g/mol. The third-order valence-electron chi connectivity index (χ3n) is 2.53. The molecule has 2 amide bonds. The number of hydrogen-bond acceptors (Lipinski definition) is 3. The summed E-state index contributed by atoms with van der Waals surface area (Å²) in [6.45, 7) is 1.87. The summed E-state index contributed by atoms with van der Waals surface area (Å²) in [5.41, 5.74) is 0.635. The van der Waals surface area contributed by atoms with Crippen LogP contribution in [0.4, 0.5) is 10.5 Å². The molecule has 0 aliphatic heterocycles. The van der Waals surface area contributed by atoms with Crippen molar-refractivity contribution in [3.8, 4) is 0 Å². The van der Waals surface area contributed by atoms with Gasteiger partial charge in [-0.15, -0.1) is 11.8 Å². The number of amides is 2. The van der Waals surface area contributed by atoms with Crippen molar-refractivity contribution in [1.29, 1.82) is 0 Å². The molecule has 1 unspecified atom stereocenters. The van der Waals surface area contributed by atoms with Crippen LogP contribution in [0.25, 0.3) is 0 Å². The number of carboxylic acids is 1. The number of benzene rings is 1. The number of carbonyl (C=O) groups excluding carboxylic acids is 1. The summed E-state index contributed by atoms with van der Waals surface area (Å²) in [5.74, 6) is -1.02. The van der Waals surface area contributed by atoms with Crippen molar-refractivity contribution in [3.05, 3.63) is 24.3 Å². The van der Waals surface area contributed by atoms with Crippen LogP contribution in [0.2, 0.25) is 0 Å². The van der Waals surface area contributed by atoms with Crippen molar-refractivity contribution in [1.82, 2.24) is 5.32 Å². The molecule has 3 N–H and O–H groups in total. The van der Waals surface area contributed by atoms with Crippen LogP contribution >= 0.6 is 11.8 Å². The standard InChI is InChI=1S/C13H18N2O3S/c1-3-4-11(12(16)17)15-13(18)14-9-5-7-10(19-2)8-6-9/h5-8,11H,3-4H2,1-2H3,(H,16,17)(H2,14,15,18). The molecular weight excluding hydrogens is 264 g/mol. The molecule has 1 atom stereocenters. The van der Waals surface area contributed by atoms with Crippen LogP contribution in [0.1, 0.15) is 19.8 Å². The predicted molar refractivity (Wildman–Crippen MR) is 76.7 cm³/mol. The number of thioether (sulfide) groups is 1. The second-order valence-electron chi connectivity index (χ2n) is 4.01. The Bertz CT molecular complexity index is 434. The van der Waals surface area contributed by atoms with E-state index in [1.165, 1.54) is 0 Å². The zero-order valence-electron chi connectivity index (χ0n) is 11.0. The lowest BCUT2D eigenvalue weighted by atomic mass is 10.2. The van der Waals surface area contributed by atoms with Crippen molar-refractivity contribution < 1.29 is 14.7 Å². The molecule has 6 heteroatoms. The van der Waals surface area contributed by atoms with Gasteiger partial charge in [0.15, 0.2) is 0 Å². The van der Waals surface area contributed by atoms with Crippen molar-refractivity contribution >= 4 is 29.4 Å². The number of rotatable bonds is 6. The molecule has 0 saturated heterocycles. The Kier molecular flexibility index (Phi) is 6.21. The number of anilines is 1. The molecule has 0 spiro atoms. The van der Waals surface area contributed by atoms with E-state index in [1.54, 1.807) is 23.9 Å². The Labute approximate surface area is 116 Å². The van der Waals surface area contributed by atoms with Gasteiger partial charge in [0.1, 0.15) is 6.04 Å². The van der Waals surface area contributed by atoms with E-state index in [9.17, 15) is 9.59 Å².